The zero-order valence-corrected chi connectivity index (χ0v) is 11.4. The summed E-state index contributed by atoms with van der Waals surface area (Å²) in [6, 6.07) is 5.75. The summed E-state index contributed by atoms with van der Waals surface area (Å²) in [6.07, 6.45) is 3.03. The van der Waals surface area contributed by atoms with E-state index in [2.05, 4.69) is 4.98 Å². The minimum atomic E-state index is 0.0777. The molecule has 0 saturated heterocycles. The predicted octanol–water partition coefficient (Wildman–Crippen LogP) is 3.15. The maximum absolute atomic E-state index is 11.4. The van der Waals surface area contributed by atoms with E-state index in [0.717, 1.165) is 10.8 Å². The molecule has 0 unspecified atom stereocenters. The molecule has 0 aromatic carbocycles. The monoisotopic (exact) mass is 269 g/mol. The van der Waals surface area contributed by atoms with E-state index in [9.17, 15) is 9.59 Å². The fraction of sp³-hybridized carbons (Fsp3) is 0.417. The Morgan fingerprint density at radius 3 is 2.71 bits per heavy atom. The van der Waals surface area contributed by atoms with Crippen LogP contribution in [0.2, 0.25) is 0 Å². The van der Waals surface area contributed by atoms with E-state index in [-0.39, 0.29) is 11.6 Å². The van der Waals surface area contributed by atoms with Crippen LogP contribution in [0.15, 0.2) is 29.4 Å². The summed E-state index contributed by atoms with van der Waals surface area (Å²) in [6.45, 7) is 1.51. The lowest BCUT2D eigenvalue weighted by molar-refractivity contribution is -0.123. The second-order valence-corrected chi connectivity index (χ2v) is 6.00. The molecule has 0 aliphatic heterocycles. The molecule has 92 valence electrons. The topological polar surface area (TPSA) is 47.0 Å². The van der Waals surface area contributed by atoms with Crippen LogP contribution in [0.1, 0.15) is 26.2 Å². The number of pyridine rings is 1. The third kappa shape index (κ3) is 7.18. The maximum Gasteiger partial charge on any atom is 0.134 e. The molecule has 0 atom stereocenters. The van der Waals surface area contributed by atoms with Gasteiger partial charge in [0, 0.05) is 31.2 Å². The van der Waals surface area contributed by atoms with E-state index in [1.165, 1.54) is 6.92 Å². The van der Waals surface area contributed by atoms with Crippen LogP contribution in [0.3, 0.4) is 0 Å². The van der Waals surface area contributed by atoms with Crippen molar-refractivity contribution in [2.75, 3.05) is 5.75 Å². The second-order valence-electron chi connectivity index (χ2n) is 3.56. The van der Waals surface area contributed by atoms with E-state index in [1.807, 2.05) is 18.2 Å². The van der Waals surface area contributed by atoms with Gasteiger partial charge >= 0.3 is 0 Å². The van der Waals surface area contributed by atoms with Gasteiger partial charge in [0.05, 0.1) is 0 Å². The standard InChI is InChI=1S/C12H15NO2S2/c1-10(14)5-6-11(15)7-9-16-17-12-4-2-3-8-13-12/h2-4,8H,5-7,9H2,1H3. The first-order valence-electron chi connectivity index (χ1n) is 5.40. The number of nitrogens with zero attached hydrogens (tertiary/aromatic N) is 1. The Morgan fingerprint density at radius 1 is 1.24 bits per heavy atom. The Morgan fingerprint density at radius 2 is 2.06 bits per heavy atom. The molecule has 17 heavy (non-hydrogen) atoms. The number of rotatable bonds is 8. The predicted molar refractivity (Wildman–Crippen MR) is 72.1 cm³/mol. The van der Waals surface area contributed by atoms with Crippen molar-refractivity contribution in [3.63, 3.8) is 0 Å². The van der Waals surface area contributed by atoms with Crippen LogP contribution in [0.25, 0.3) is 0 Å². The van der Waals surface area contributed by atoms with Crippen molar-refractivity contribution in [3.05, 3.63) is 24.4 Å². The molecule has 1 aromatic rings. The lowest BCUT2D eigenvalue weighted by Gasteiger charge is -2.00. The lowest BCUT2D eigenvalue weighted by Crippen LogP contribution is -2.02. The SMILES string of the molecule is CC(=O)CCC(=O)CCSSc1ccccn1. The molecule has 0 aliphatic carbocycles. The Hall–Kier alpha value is -0.810. The van der Waals surface area contributed by atoms with Gasteiger partial charge in [0.1, 0.15) is 16.6 Å². The quantitative estimate of drug-likeness (QED) is 0.536. The Kier molecular flexibility index (Phi) is 6.96. The van der Waals surface area contributed by atoms with Crippen LogP contribution in [0.5, 0.6) is 0 Å². The molecular weight excluding hydrogens is 254 g/mol. The average Bonchev–Trinajstić information content (AvgIpc) is 2.33. The van der Waals surface area contributed by atoms with Gasteiger partial charge in [0.2, 0.25) is 0 Å². The normalized spacial score (nSPS) is 10.2. The van der Waals surface area contributed by atoms with Crippen molar-refractivity contribution in [1.82, 2.24) is 4.98 Å². The fourth-order valence-electron chi connectivity index (χ4n) is 1.09. The average molecular weight is 269 g/mol. The van der Waals surface area contributed by atoms with Crippen molar-refractivity contribution in [2.24, 2.45) is 0 Å². The molecule has 0 saturated carbocycles. The van der Waals surface area contributed by atoms with Gasteiger partial charge in [-0.1, -0.05) is 16.9 Å². The molecule has 0 amide bonds. The zero-order chi connectivity index (χ0) is 12.5. The zero-order valence-electron chi connectivity index (χ0n) is 9.72. The highest BCUT2D eigenvalue weighted by Crippen LogP contribution is 2.29. The van der Waals surface area contributed by atoms with Crippen LogP contribution in [-0.4, -0.2) is 22.3 Å². The van der Waals surface area contributed by atoms with Gasteiger partial charge in [-0.05, 0) is 29.9 Å². The molecule has 1 rings (SSSR count). The highest BCUT2D eigenvalue weighted by Gasteiger charge is 2.04. The maximum atomic E-state index is 11.4. The van der Waals surface area contributed by atoms with Gasteiger partial charge in [0.15, 0.2) is 0 Å². The van der Waals surface area contributed by atoms with Gasteiger partial charge < -0.3 is 4.79 Å². The molecular formula is C12H15NO2S2. The third-order valence-corrected chi connectivity index (χ3v) is 4.27. The first kappa shape index (κ1) is 14.3. The minimum Gasteiger partial charge on any atom is -0.300 e. The summed E-state index contributed by atoms with van der Waals surface area (Å²) in [4.78, 5) is 26.2. The highest BCUT2D eigenvalue weighted by molar-refractivity contribution is 8.76. The largest absolute Gasteiger partial charge is 0.300 e. The molecule has 3 nitrogen and oxygen atoms in total. The number of aromatic nitrogens is 1. The van der Waals surface area contributed by atoms with E-state index >= 15 is 0 Å². The van der Waals surface area contributed by atoms with Crippen molar-refractivity contribution in [3.8, 4) is 0 Å². The summed E-state index contributed by atoms with van der Waals surface area (Å²) in [5, 5.41) is 0.952. The number of hydrogen-bond acceptors (Lipinski definition) is 5. The number of ketones is 2. The van der Waals surface area contributed by atoms with Gasteiger partial charge in [-0.15, -0.1) is 0 Å². The summed E-state index contributed by atoms with van der Waals surface area (Å²) in [7, 11) is 3.19. The molecule has 0 fully saturated rings. The summed E-state index contributed by atoms with van der Waals surface area (Å²) < 4.78 is 0. The van der Waals surface area contributed by atoms with Crippen molar-refractivity contribution < 1.29 is 9.59 Å². The van der Waals surface area contributed by atoms with E-state index in [1.54, 1.807) is 27.8 Å². The first-order chi connectivity index (χ1) is 8.18. The smallest absolute Gasteiger partial charge is 0.134 e. The molecule has 0 N–H and O–H groups in total. The van der Waals surface area contributed by atoms with Crippen LogP contribution in [0.4, 0.5) is 0 Å². The highest BCUT2D eigenvalue weighted by atomic mass is 33.1. The van der Waals surface area contributed by atoms with Crippen molar-refractivity contribution >= 4 is 33.2 Å². The Labute approximate surface area is 109 Å². The number of carbonyl (C=O) groups is 2. The molecule has 5 heteroatoms. The van der Waals surface area contributed by atoms with E-state index < -0.39 is 0 Å². The molecule has 0 radical (unpaired) electrons. The summed E-state index contributed by atoms with van der Waals surface area (Å²) in [5.74, 6) is 1.00. The lowest BCUT2D eigenvalue weighted by atomic mass is 10.1. The van der Waals surface area contributed by atoms with Crippen LogP contribution >= 0.6 is 21.6 Å². The Balaban J connectivity index is 2.08. The van der Waals surface area contributed by atoms with Crippen LogP contribution in [-0.2, 0) is 9.59 Å². The number of hydrogen-bond donors (Lipinski definition) is 0. The van der Waals surface area contributed by atoms with E-state index in [0.29, 0.717) is 19.3 Å². The molecule has 0 spiro atoms. The van der Waals surface area contributed by atoms with Gasteiger partial charge in [0.25, 0.3) is 0 Å². The summed E-state index contributed by atoms with van der Waals surface area (Å²) >= 11 is 0. The van der Waals surface area contributed by atoms with Crippen molar-refractivity contribution in [2.45, 2.75) is 31.2 Å². The van der Waals surface area contributed by atoms with Crippen molar-refractivity contribution in [1.29, 1.82) is 0 Å². The van der Waals surface area contributed by atoms with Gasteiger partial charge in [-0.25, -0.2) is 4.98 Å². The molecule has 1 aromatic heterocycles. The molecule has 0 bridgehead atoms. The fourth-order valence-corrected chi connectivity index (χ4v) is 3.01. The second kappa shape index (κ2) is 8.31. The van der Waals surface area contributed by atoms with Crippen LogP contribution < -0.4 is 0 Å². The van der Waals surface area contributed by atoms with E-state index in [4.69, 9.17) is 0 Å². The number of carbonyl (C=O) groups excluding carboxylic acids is 2. The third-order valence-electron chi connectivity index (χ3n) is 2.00. The molecule has 0 aliphatic rings. The summed E-state index contributed by atoms with van der Waals surface area (Å²) in [5.41, 5.74) is 0. The first-order valence-corrected chi connectivity index (χ1v) is 7.72. The van der Waals surface area contributed by atoms with Gasteiger partial charge in [-0.2, -0.15) is 0 Å². The van der Waals surface area contributed by atoms with Crippen LogP contribution in [0, 0.1) is 0 Å². The number of Topliss-reactive ketones (excluding diaryl/α,β-unsaturated/α-hetero) is 2. The van der Waals surface area contributed by atoms with Gasteiger partial charge in [-0.3, -0.25) is 4.79 Å². The minimum absolute atomic E-state index is 0.0777. The Bertz CT molecular complexity index is 368. The molecule has 1 heterocycles.